The lowest BCUT2D eigenvalue weighted by Gasteiger charge is -2.13. The molecule has 0 aliphatic carbocycles. The van der Waals surface area contributed by atoms with Crippen molar-refractivity contribution in [1.82, 2.24) is 4.98 Å². The average molecular weight is 339 g/mol. The second-order valence-corrected chi connectivity index (χ2v) is 5.73. The third kappa shape index (κ3) is 4.82. The molecule has 22 heavy (non-hydrogen) atoms. The third-order valence-corrected chi connectivity index (χ3v) is 3.93. The lowest BCUT2D eigenvalue weighted by atomic mass is 10.2. The Morgan fingerprint density at radius 1 is 1.45 bits per heavy atom. The molecule has 0 fully saturated rings. The molecule has 116 valence electrons. The highest BCUT2D eigenvalue weighted by atomic mass is 35.5. The maximum absolute atomic E-state index is 12.0. The topological polar surface area (TPSA) is 68.3 Å². The zero-order valence-corrected chi connectivity index (χ0v) is 13.5. The van der Waals surface area contributed by atoms with E-state index in [0.29, 0.717) is 12.1 Å². The summed E-state index contributed by atoms with van der Waals surface area (Å²) in [6.45, 7) is 1.52. The molecule has 0 spiro atoms. The van der Waals surface area contributed by atoms with Gasteiger partial charge in [0, 0.05) is 12.6 Å². The Balaban J connectivity index is 1.80. The van der Waals surface area contributed by atoms with Crippen LogP contribution < -0.4 is 5.32 Å². The molecule has 0 radical (unpaired) electrons. The lowest BCUT2D eigenvalue weighted by molar-refractivity contribution is -0.153. The van der Waals surface area contributed by atoms with Crippen LogP contribution in [0.25, 0.3) is 0 Å². The van der Waals surface area contributed by atoms with Gasteiger partial charge in [-0.2, -0.15) is 11.3 Å². The highest BCUT2D eigenvalue weighted by Crippen LogP contribution is 2.18. The van der Waals surface area contributed by atoms with Crippen molar-refractivity contribution in [2.24, 2.45) is 0 Å². The van der Waals surface area contributed by atoms with Crippen LogP contribution in [0, 0.1) is 0 Å². The van der Waals surface area contributed by atoms with Gasteiger partial charge in [0.1, 0.15) is 0 Å². The van der Waals surface area contributed by atoms with Crippen LogP contribution in [0.5, 0.6) is 0 Å². The number of aromatic nitrogens is 1. The van der Waals surface area contributed by atoms with E-state index < -0.39 is 18.0 Å². The summed E-state index contributed by atoms with van der Waals surface area (Å²) in [6.07, 6.45) is 1.46. The van der Waals surface area contributed by atoms with Gasteiger partial charge in [0.15, 0.2) is 11.3 Å². The molecule has 1 N–H and O–H groups in total. The Kier molecular flexibility index (Phi) is 5.91. The third-order valence-electron chi connectivity index (χ3n) is 2.89. The van der Waals surface area contributed by atoms with Crippen molar-refractivity contribution in [2.75, 3.05) is 5.32 Å². The number of pyridine rings is 1. The predicted octanol–water partition coefficient (Wildman–Crippen LogP) is 3.30. The quantitative estimate of drug-likeness (QED) is 0.648. The number of rotatable bonds is 6. The van der Waals surface area contributed by atoms with Gasteiger partial charge < -0.3 is 10.1 Å². The molecule has 2 rings (SSSR count). The second-order valence-electron chi connectivity index (χ2n) is 4.59. The Bertz CT molecular complexity index is 646. The van der Waals surface area contributed by atoms with Gasteiger partial charge in [0.25, 0.3) is 5.91 Å². The molecule has 0 saturated heterocycles. The van der Waals surface area contributed by atoms with Crippen LogP contribution >= 0.6 is 22.9 Å². The number of nitrogens with zero attached hydrogens (tertiary/aromatic N) is 1. The van der Waals surface area contributed by atoms with Crippen molar-refractivity contribution in [3.8, 4) is 0 Å². The zero-order chi connectivity index (χ0) is 15.9. The zero-order valence-electron chi connectivity index (χ0n) is 11.9. The molecule has 5 nitrogen and oxygen atoms in total. The molecule has 0 saturated carbocycles. The lowest BCUT2D eigenvalue weighted by Crippen LogP contribution is -2.30. The molecule has 0 aromatic carbocycles. The van der Waals surface area contributed by atoms with E-state index in [9.17, 15) is 9.59 Å². The number of carbonyl (C=O) groups excluding carboxylic acids is 2. The summed E-state index contributed by atoms with van der Waals surface area (Å²) in [5.74, 6) is -0.857. The number of esters is 1. The summed E-state index contributed by atoms with van der Waals surface area (Å²) >= 11 is 7.43. The minimum absolute atomic E-state index is 0.187. The fourth-order valence-electron chi connectivity index (χ4n) is 1.70. The minimum Gasteiger partial charge on any atom is -0.453 e. The number of nitrogens with one attached hydrogen (secondary N) is 1. The van der Waals surface area contributed by atoms with Crippen LogP contribution in [-0.2, 0) is 20.7 Å². The van der Waals surface area contributed by atoms with Gasteiger partial charge in [-0.25, -0.2) is 4.98 Å². The first-order valence-electron chi connectivity index (χ1n) is 6.68. The van der Waals surface area contributed by atoms with Crippen LogP contribution in [0.1, 0.15) is 18.9 Å². The van der Waals surface area contributed by atoms with E-state index in [-0.39, 0.29) is 11.6 Å². The summed E-state index contributed by atoms with van der Waals surface area (Å²) in [5, 5.41) is 6.70. The van der Waals surface area contributed by atoms with E-state index in [1.165, 1.54) is 13.1 Å². The predicted molar refractivity (Wildman–Crippen MR) is 86.1 cm³/mol. The normalized spacial score (nSPS) is 11.7. The molecule has 0 aliphatic heterocycles. The largest absolute Gasteiger partial charge is 0.453 e. The van der Waals surface area contributed by atoms with E-state index in [1.807, 2.05) is 16.8 Å². The first-order valence-corrected chi connectivity index (χ1v) is 8.00. The molecule has 0 aliphatic rings. The number of anilines is 1. The molecule has 1 unspecified atom stereocenters. The molecule has 1 atom stereocenters. The number of carbonyl (C=O) groups is 2. The van der Waals surface area contributed by atoms with Gasteiger partial charge in [-0.1, -0.05) is 11.6 Å². The highest BCUT2D eigenvalue weighted by molar-refractivity contribution is 7.07. The van der Waals surface area contributed by atoms with Crippen molar-refractivity contribution < 1.29 is 14.3 Å². The second kappa shape index (κ2) is 7.91. The Morgan fingerprint density at radius 2 is 2.27 bits per heavy atom. The number of amides is 1. The van der Waals surface area contributed by atoms with Crippen LogP contribution in [-0.4, -0.2) is 23.0 Å². The van der Waals surface area contributed by atoms with E-state index in [0.717, 1.165) is 5.56 Å². The molecule has 7 heteroatoms. The fraction of sp³-hybridized carbons (Fsp3) is 0.267. The van der Waals surface area contributed by atoms with Gasteiger partial charge in [-0.15, -0.1) is 0 Å². The molecular weight excluding hydrogens is 324 g/mol. The molecule has 0 bridgehead atoms. The fourth-order valence-corrected chi connectivity index (χ4v) is 2.57. The molecule has 2 aromatic heterocycles. The summed E-state index contributed by atoms with van der Waals surface area (Å²) in [5.41, 5.74) is 1.47. The van der Waals surface area contributed by atoms with E-state index in [4.69, 9.17) is 16.3 Å². The minimum atomic E-state index is -0.897. The first kappa shape index (κ1) is 16.5. The number of ether oxygens (including phenoxy) is 1. The molecule has 2 aromatic rings. The average Bonchev–Trinajstić information content (AvgIpc) is 3.00. The summed E-state index contributed by atoms with van der Waals surface area (Å²) in [4.78, 5) is 27.5. The standard InChI is InChI=1S/C15H15ClN2O3S/c1-10(15(20)18-12-3-2-7-17-14(12)16)21-13(19)5-4-11-6-8-22-9-11/h2-3,6-10H,4-5H2,1H3,(H,18,20). The van der Waals surface area contributed by atoms with Crippen molar-refractivity contribution in [1.29, 1.82) is 0 Å². The van der Waals surface area contributed by atoms with Gasteiger partial charge in [0.05, 0.1) is 5.69 Å². The summed E-state index contributed by atoms with van der Waals surface area (Å²) in [7, 11) is 0. The van der Waals surface area contributed by atoms with Crippen LogP contribution in [0.2, 0.25) is 5.15 Å². The van der Waals surface area contributed by atoms with E-state index >= 15 is 0 Å². The molecular formula is C15H15ClN2O3S. The van der Waals surface area contributed by atoms with Crippen LogP contribution in [0.3, 0.4) is 0 Å². The Labute approximate surface area is 137 Å². The van der Waals surface area contributed by atoms with Crippen LogP contribution in [0.15, 0.2) is 35.2 Å². The monoisotopic (exact) mass is 338 g/mol. The summed E-state index contributed by atoms with van der Waals surface area (Å²) in [6, 6.07) is 5.23. The first-order chi connectivity index (χ1) is 10.6. The van der Waals surface area contributed by atoms with Crippen molar-refractivity contribution in [3.05, 3.63) is 45.9 Å². The number of aryl methyl sites for hydroxylation is 1. The van der Waals surface area contributed by atoms with Gasteiger partial charge in [0.2, 0.25) is 0 Å². The van der Waals surface area contributed by atoms with Crippen molar-refractivity contribution >= 4 is 40.5 Å². The van der Waals surface area contributed by atoms with Crippen molar-refractivity contribution in [3.63, 3.8) is 0 Å². The molecule has 1 amide bonds. The number of hydrogen-bond acceptors (Lipinski definition) is 5. The maximum Gasteiger partial charge on any atom is 0.306 e. The molecule has 2 heterocycles. The van der Waals surface area contributed by atoms with E-state index in [2.05, 4.69) is 10.3 Å². The highest BCUT2D eigenvalue weighted by Gasteiger charge is 2.18. The van der Waals surface area contributed by atoms with Gasteiger partial charge in [-0.05, 0) is 47.9 Å². The number of thiophene rings is 1. The number of halogens is 1. The van der Waals surface area contributed by atoms with E-state index in [1.54, 1.807) is 23.5 Å². The Morgan fingerprint density at radius 3 is 2.95 bits per heavy atom. The van der Waals surface area contributed by atoms with Crippen molar-refractivity contribution in [2.45, 2.75) is 25.9 Å². The number of hydrogen-bond donors (Lipinski definition) is 1. The van der Waals surface area contributed by atoms with Crippen LogP contribution in [0.4, 0.5) is 5.69 Å². The van der Waals surface area contributed by atoms with Gasteiger partial charge in [-0.3, -0.25) is 9.59 Å². The van der Waals surface area contributed by atoms with Gasteiger partial charge >= 0.3 is 5.97 Å². The smallest absolute Gasteiger partial charge is 0.306 e. The Hall–Kier alpha value is -1.92. The maximum atomic E-state index is 12.0. The summed E-state index contributed by atoms with van der Waals surface area (Å²) < 4.78 is 5.11. The SMILES string of the molecule is CC(OC(=O)CCc1ccsc1)C(=O)Nc1cccnc1Cl.